The van der Waals surface area contributed by atoms with Gasteiger partial charge in [-0.05, 0) is 31.4 Å². The number of rotatable bonds is 6. The van der Waals surface area contributed by atoms with Crippen LogP contribution >= 0.6 is 0 Å². The van der Waals surface area contributed by atoms with Gasteiger partial charge < -0.3 is 15.4 Å². The molecule has 2 atom stereocenters. The number of ether oxygens (including phenoxy) is 1. The van der Waals surface area contributed by atoms with Crippen molar-refractivity contribution in [2.24, 2.45) is 5.41 Å². The predicted molar refractivity (Wildman–Crippen MR) is 91.7 cm³/mol. The first kappa shape index (κ1) is 18.7. The van der Waals surface area contributed by atoms with Crippen molar-refractivity contribution >= 4 is 21.6 Å². The number of carbonyl (C=O) groups is 1. The SMILES string of the molecule is CCC1(CC)C(NC(=O)Nc2ccc(S(C)(=O)=O)nc2)CC1OC. The zero-order chi connectivity index (χ0) is 18.0. The van der Waals surface area contributed by atoms with Crippen molar-refractivity contribution in [1.29, 1.82) is 0 Å². The standard InChI is InChI=1S/C16H25N3O4S/c1-5-16(6-2)12(9-13(16)23-3)19-15(20)18-11-7-8-14(17-10-11)24(4,21)22/h7-8,10,12-13H,5-6,9H2,1-4H3,(H2,18,19,20). The minimum atomic E-state index is -3.35. The summed E-state index contributed by atoms with van der Waals surface area (Å²) in [6.07, 6.45) is 5.23. The van der Waals surface area contributed by atoms with E-state index in [-0.39, 0.29) is 28.6 Å². The second kappa shape index (κ2) is 7.06. The molecule has 1 aliphatic rings. The van der Waals surface area contributed by atoms with Gasteiger partial charge in [-0.2, -0.15) is 0 Å². The summed E-state index contributed by atoms with van der Waals surface area (Å²) in [7, 11) is -1.64. The van der Waals surface area contributed by atoms with Gasteiger partial charge in [0.1, 0.15) is 0 Å². The summed E-state index contributed by atoms with van der Waals surface area (Å²) in [5.41, 5.74) is 0.408. The molecule has 1 fully saturated rings. The largest absolute Gasteiger partial charge is 0.381 e. The van der Waals surface area contributed by atoms with Crippen LogP contribution in [-0.4, -0.2) is 44.9 Å². The summed E-state index contributed by atoms with van der Waals surface area (Å²) in [5.74, 6) is 0. The molecule has 1 aromatic rings. The molecule has 2 unspecified atom stereocenters. The van der Waals surface area contributed by atoms with Gasteiger partial charge in [-0.3, -0.25) is 0 Å². The minimum absolute atomic E-state index is 0.0219. The highest BCUT2D eigenvalue weighted by atomic mass is 32.2. The van der Waals surface area contributed by atoms with E-state index in [0.717, 1.165) is 25.5 Å². The number of pyridine rings is 1. The Balaban J connectivity index is 1.99. The lowest BCUT2D eigenvalue weighted by Crippen LogP contribution is -2.64. The van der Waals surface area contributed by atoms with Gasteiger partial charge in [-0.25, -0.2) is 18.2 Å². The molecule has 8 heteroatoms. The summed E-state index contributed by atoms with van der Waals surface area (Å²) in [6, 6.07) is 2.63. The van der Waals surface area contributed by atoms with E-state index in [4.69, 9.17) is 4.74 Å². The van der Waals surface area contributed by atoms with Crippen molar-refractivity contribution in [3.8, 4) is 0 Å². The number of urea groups is 1. The molecule has 0 spiro atoms. The maximum absolute atomic E-state index is 12.2. The third kappa shape index (κ3) is 3.54. The van der Waals surface area contributed by atoms with Gasteiger partial charge in [-0.15, -0.1) is 0 Å². The quantitative estimate of drug-likeness (QED) is 0.815. The van der Waals surface area contributed by atoms with Crippen LogP contribution in [0.5, 0.6) is 0 Å². The van der Waals surface area contributed by atoms with E-state index in [9.17, 15) is 13.2 Å². The first-order chi connectivity index (χ1) is 11.3. The molecular weight excluding hydrogens is 330 g/mol. The van der Waals surface area contributed by atoms with Gasteiger partial charge >= 0.3 is 6.03 Å². The van der Waals surface area contributed by atoms with Gasteiger partial charge in [0.05, 0.1) is 18.0 Å². The second-order valence-corrected chi connectivity index (χ2v) is 8.17. The van der Waals surface area contributed by atoms with Crippen molar-refractivity contribution in [3.63, 3.8) is 0 Å². The van der Waals surface area contributed by atoms with Gasteiger partial charge in [0.2, 0.25) is 0 Å². The fourth-order valence-corrected chi connectivity index (χ4v) is 4.04. The normalized spacial score (nSPS) is 22.5. The van der Waals surface area contributed by atoms with Crippen LogP contribution in [0.2, 0.25) is 0 Å². The Morgan fingerprint density at radius 3 is 2.50 bits per heavy atom. The van der Waals surface area contributed by atoms with Crippen LogP contribution in [-0.2, 0) is 14.6 Å². The molecule has 1 saturated carbocycles. The summed E-state index contributed by atoms with van der Waals surface area (Å²) in [5, 5.41) is 5.66. The number of hydrogen-bond donors (Lipinski definition) is 2. The van der Waals surface area contributed by atoms with Crippen molar-refractivity contribution in [2.75, 3.05) is 18.7 Å². The Kier molecular flexibility index (Phi) is 5.49. The number of amides is 2. The minimum Gasteiger partial charge on any atom is -0.381 e. The molecule has 134 valence electrons. The van der Waals surface area contributed by atoms with Crippen LogP contribution in [0.3, 0.4) is 0 Å². The first-order valence-electron chi connectivity index (χ1n) is 8.03. The monoisotopic (exact) mass is 355 g/mol. The average molecular weight is 355 g/mol. The smallest absolute Gasteiger partial charge is 0.319 e. The Hall–Kier alpha value is -1.67. The highest BCUT2D eigenvalue weighted by Crippen LogP contribution is 2.48. The van der Waals surface area contributed by atoms with Crippen LogP contribution in [0.1, 0.15) is 33.1 Å². The highest BCUT2D eigenvalue weighted by molar-refractivity contribution is 7.90. The maximum Gasteiger partial charge on any atom is 0.319 e. The van der Waals surface area contributed by atoms with E-state index in [0.29, 0.717) is 5.69 Å². The number of carbonyl (C=O) groups excluding carboxylic acids is 1. The van der Waals surface area contributed by atoms with Crippen molar-refractivity contribution in [1.82, 2.24) is 10.3 Å². The Morgan fingerprint density at radius 1 is 1.38 bits per heavy atom. The lowest BCUT2D eigenvalue weighted by atomic mass is 9.58. The molecule has 0 radical (unpaired) electrons. The number of nitrogens with zero attached hydrogens (tertiary/aromatic N) is 1. The molecular formula is C16H25N3O4S. The number of aromatic nitrogens is 1. The third-order valence-electron chi connectivity index (χ3n) is 5.07. The van der Waals surface area contributed by atoms with Gasteiger partial charge in [0.15, 0.2) is 14.9 Å². The molecule has 7 nitrogen and oxygen atoms in total. The first-order valence-corrected chi connectivity index (χ1v) is 9.92. The second-order valence-electron chi connectivity index (χ2n) is 6.21. The van der Waals surface area contributed by atoms with Crippen LogP contribution in [0.4, 0.5) is 10.5 Å². The number of methoxy groups -OCH3 is 1. The van der Waals surface area contributed by atoms with E-state index < -0.39 is 9.84 Å². The molecule has 1 aliphatic carbocycles. The number of hydrogen-bond acceptors (Lipinski definition) is 5. The summed E-state index contributed by atoms with van der Waals surface area (Å²) in [4.78, 5) is 16.1. The topological polar surface area (TPSA) is 97.4 Å². The molecule has 0 bridgehead atoms. The molecule has 0 saturated heterocycles. The van der Waals surface area contributed by atoms with Crippen molar-refractivity contribution < 1.29 is 17.9 Å². The predicted octanol–water partition coefficient (Wildman–Crippen LogP) is 2.20. The van der Waals surface area contributed by atoms with E-state index in [1.54, 1.807) is 7.11 Å². The van der Waals surface area contributed by atoms with E-state index in [1.807, 2.05) is 0 Å². The molecule has 0 aliphatic heterocycles. The molecule has 0 aromatic carbocycles. The molecule has 2 N–H and O–H groups in total. The summed E-state index contributed by atoms with van der Waals surface area (Å²) in [6.45, 7) is 4.21. The lowest BCUT2D eigenvalue weighted by molar-refractivity contribution is -0.119. The zero-order valence-corrected chi connectivity index (χ0v) is 15.3. The van der Waals surface area contributed by atoms with Gasteiger partial charge in [0.25, 0.3) is 0 Å². The molecule has 2 rings (SSSR count). The fourth-order valence-electron chi connectivity index (χ4n) is 3.48. The van der Waals surface area contributed by atoms with Gasteiger partial charge in [-0.1, -0.05) is 13.8 Å². The number of nitrogens with one attached hydrogen (secondary N) is 2. The van der Waals surface area contributed by atoms with Crippen LogP contribution in [0, 0.1) is 5.41 Å². The average Bonchev–Trinajstić information content (AvgIpc) is 2.52. The maximum atomic E-state index is 12.2. The molecule has 2 amide bonds. The third-order valence-corrected chi connectivity index (χ3v) is 6.07. The van der Waals surface area contributed by atoms with E-state index in [2.05, 4.69) is 29.5 Å². The van der Waals surface area contributed by atoms with Crippen LogP contribution in [0.25, 0.3) is 0 Å². The zero-order valence-electron chi connectivity index (χ0n) is 14.5. The summed E-state index contributed by atoms with van der Waals surface area (Å²) >= 11 is 0. The molecule has 24 heavy (non-hydrogen) atoms. The molecule has 1 heterocycles. The van der Waals surface area contributed by atoms with E-state index >= 15 is 0 Å². The Labute approximate surface area is 143 Å². The van der Waals surface area contributed by atoms with Crippen molar-refractivity contribution in [3.05, 3.63) is 18.3 Å². The Morgan fingerprint density at radius 2 is 2.04 bits per heavy atom. The lowest BCUT2D eigenvalue weighted by Gasteiger charge is -2.54. The van der Waals surface area contributed by atoms with E-state index in [1.165, 1.54) is 18.3 Å². The molecule has 1 aromatic heterocycles. The van der Waals surface area contributed by atoms with Crippen molar-refractivity contribution in [2.45, 2.75) is 50.3 Å². The highest BCUT2D eigenvalue weighted by Gasteiger charge is 2.53. The van der Waals surface area contributed by atoms with Crippen LogP contribution < -0.4 is 10.6 Å². The van der Waals surface area contributed by atoms with Crippen LogP contribution in [0.15, 0.2) is 23.4 Å². The number of sulfone groups is 1. The Bertz CT molecular complexity index is 684. The fraction of sp³-hybridized carbons (Fsp3) is 0.625. The number of anilines is 1. The summed E-state index contributed by atoms with van der Waals surface area (Å²) < 4.78 is 28.3. The van der Waals surface area contributed by atoms with Gasteiger partial charge in [0, 0.05) is 24.8 Å².